The predicted molar refractivity (Wildman–Crippen MR) is 144 cm³/mol. The molecule has 0 atom stereocenters. The number of carboxylic acid groups (broad SMARTS) is 2. The van der Waals surface area contributed by atoms with Crippen LogP contribution in [0.2, 0.25) is 0 Å². The van der Waals surface area contributed by atoms with Crippen LogP contribution >= 0.6 is 0 Å². The minimum Gasteiger partial charge on any atom is -0.545 e. The van der Waals surface area contributed by atoms with Crippen LogP contribution in [0.4, 0.5) is 23.0 Å². The number of benzene rings is 3. The number of nitrogens with one attached hydrogen (secondary N) is 4. The van der Waals surface area contributed by atoms with Crippen LogP contribution in [0.5, 0.6) is 11.5 Å². The standard InChI is InChI=1S/C22H18N4O.C8H6O4.H2O/c1-3-15-23-21(5-1)25-17-7-11-19(12-8-17)27-20-13-9-18(10-14-20)26-22-6-2-4-16-24-22;9-7(10)5-1-2-6(4-3-5)8(11)12;/h1-16H,(H,23,25)(H,24,26);1-4H,(H,9,10)(H,11,12);1H2. The van der Waals surface area contributed by atoms with Crippen molar-refractivity contribution in [2.75, 3.05) is 10.6 Å². The molecule has 5 rings (SSSR count). The van der Waals surface area contributed by atoms with Gasteiger partial charge < -0.3 is 30.0 Å². The molecular formula is C30H26N4O6. The van der Waals surface area contributed by atoms with E-state index in [1.165, 1.54) is 0 Å². The molecule has 0 radical (unpaired) electrons. The first-order chi connectivity index (χ1) is 19.0. The number of carbonyl (C=O) groups is 2. The van der Waals surface area contributed by atoms with Crippen molar-refractivity contribution < 1.29 is 40.0 Å². The van der Waals surface area contributed by atoms with Gasteiger partial charge in [0.1, 0.15) is 22.9 Å². The largest absolute Gasteiger partial charge is 0.545 e. The lowest BCUT2D eigenvalue weighted by molar-refractivity contribution is -0.361. The van der Waals surface area contributed by atoms with E-state index < -0.39 is 11.9 Å². The fourth-order valence-electron chi connectivity index (χ4n) is 3.34. The fourth-order valence-corrected chi connectivity index (χ4v) is 3.34. The summed E-state index contributed by atoms with van der Waals surface area (Å²) in [5.74, 6) is 0.777. The van der Waals surface area contributed by atoms with E-state index in [0.29, 0.717) is 0 Å². The normalized spacial score (nSPS) is 9.70. The van der Waals surface area contributed by atoms with E-state index in [0.717, 1.165) is 58.8 Å². The topological polar surface area (TPSA) is 173 Å². The summed E-state index contributed by atoms with van der Waals surface area (Å²) in [6.07, 6.45) is 3.77. The minimum atomic E-state index is -1.33. The predicted octanol–water partition coefficient (Wildman–Crippen LogP) is 2.18. The van der Waals surface area contributed by atoms with Crippen LogP contribution in [-0.2, 0) is 0 Å². The number of ether oxygens (including phenoxy) is 1. The molecule has 0 aliphatic carbocycles. The van der Waals surface area contributed by atoms with E-state index in [9.17, 15) is 19.8 Å². The van der Waals surface area contributed by atoms with Gasteiger partial charge in [0.05, 0.1) is 24.3 Å². The number of aromatic nitrogens is 2. The van der Waals surface area contributed by atoms with Crippen molar-refractivity contribution in [1.29, 1.82) is 0 Å². The van der Waals surface area contributed by atoms with E-state index in [-0.39, 0.29) is 16.6 Å². The van der Waals surface area contributed by atoms with Crippen molar-refractivity contribution in [3.05, 3.63) is 133 Å². The highest BCUT2D eigenvalue weighted by atomic mass is 16.5. The molecule has 0 amide bonds. The molecule has 10 heteroatoms. The second kappa shape index (κ2) is 14.3. The highest BCUT2D eigenvalue weighted by Crippen LogP contribution is 2.25. The van der Waals surface area contributed by atoms with Gasteiger partial charge >= 0.3 is 0 Å². The number of aromatic carboxylic acids is 2. The van der Waals surface area contributed by atoms with Crippen LogP contribution in [0.1, 0.15) is 20.7 Å². The molecule has 0 spiro atoms. The molecule has 0 bridgehead atoms. The Kier molecular flexibility index (Phi) is 10.3. The van der Waals surface area contributed by atoms with E-state index in [1.54, 1.807) is 0 Å². The third-order valence-electron chi connectivity index (χ3n) is 5.28. The molecule has 3 aromatic carbocycles. The molecule has 2 heterocycles. The van der Waals surface area contributed by atoms with Gasteiger partial charge in [0.25, 0.3) is 11.6 Å². The molecular weight excluding hydrogens is 512 g/mol. The first-order valence-corrected chi connectivity index (χ1v) is 11.8. The molecule has 6 N–H and O–H groups in total. The third kappa shape index (κ3) is 8.68. The average molecular weight is 539 g/mol. The zero-order valence-corrected chi connectivity index (χ0v) is 21.1. The lowest BCUT2D eigenvalue weighted by atomic mass is 10.1. The molecule has 0 fully saturated rings. The molecule has 40 heavy (non-hydrogen) atoms. The summed E-state index contributed by atoms with van der Waals surface area (Å²) in [6, 6.07) is 32.1. The number of H-pyrrole nitrogens is 2. The molecule has 202 valence electrons. The van der Waals surface area contributed by atoms with E-state index >= 15 is 0 Å². The molecule has 0 saturated heterocycles. The van der Waals surface area contributed by atoms with Crippen LogP contribution in [0.15, 0.2) is 122 Å². The monoisotopic (exact) mass is 538 g/mol. The number of anilines is 4. The van der Waals surface area contributed by atoms with E-state index in [2.05, 4.69) is 20.6 Å². The Bertz CT molecular complexity index is 1380. The number of rotatable bonds is 8. The van der Waals surface area contributed by atoms with Crippen LogP contribution in [0.25, 0.3) is 0 Å². The Morgan fingerprint density at radius 2 is 0.925 bits per heavy atom. The number of aromatic amines is 2. The number of carbonyl (C=O) groups excluding carboxylic acids is 2. The second-order valence-corrected chi connectivity index (χ2v) is 8.11. The SMILES string of the molecule is O.O=C([O-])c1ccc(C(=O)[O-])cc1.c1ccc(Nc2ccc(Oc3ccc(Nc4cccc[nH+]4)cc3)cc2)[nH+]c1. The van der Waals surface area contributed by atoms with Crippen LogP contribution < -0.4 is 35.6 Å². The van der Waals surface area contributed by atoms with Crippen molar-refractivity contribution in [2.45, 2.75) is 0 Å². The highest BCUT2D eigenvalue weighted by molar-refractivity contribution is 5.89. The highest BCUT2D eigenvalue weighted by Gasteiger charge is 2.05. The van der Waals surface area contributed by atoms with Gasteiger partial charge in [0, 0.05) is 12.1 Å². The summed E-state index contributed by atoms with van der Waals surface area (Å²) >= 11 is 0. The van der Waals surface area contributed by atoms with Gasteiger partial charge in [-0.1, -0.05) is 36.4 Å². The Balaban J connectivity index is 0.000000287. The van der Waals surface area contributed by atoms with Crippen molar-refractivity contribution >= 4 is 34.9 Å². The van der Waals surface area contributed by atoms with Gasteiger partial charge in [-0.15, -0.1) is 0 Å². The molecule has 0 aliphatic rings. The first-order valence-electron chi connectivity index (χ1n) is 11.8. The van der Waals surface area contributed by atoms with Gasteiger partial charge in [0.15, 0.2) is 0 Å². The average Bonchev–Trinajstić information content (AvgIpc) is 2.97. The summed E-state index contributed by atoms with van der Waals surface area (Å²) in [5.41, 5.74) is 1.87. The Morgan fingerprint density at radius 3 is 1.23 bits per heavy atom. The fraction of sp³-hybridized carbons (Fsp3) is 0. The maximum Gasteiger partial charge on any atom is 0.277 e. The second-order valence-electron chi connectivity index (χ2n) is 8.11. The first kappa shape index (κ1) is 28.8. The van der Waals surface area contributed by atoms with Crippen LogP contribution in [-0.4, -0.2) is 17.4 Å². The lowest BCUT2D eigenvalue weighted by Gasteiger charge is -2.06. The zero-order chi connectivity index (χ0) is 27.5. The number of hydrogen-bond donors (Lipinski definition) is 2. The molecule has 2 aromatic heterocycles. The minimum absolute atomic E-state index is 0. The zero-order valence-electron chi connectivity index (χ0n) is 21.1. The number of hydrogen-bond acceptors (Lipinski definition) is 7. The summed E-state index contributed by atoms with van der Waals surface area (Å²) < 4.78 is 5.92. The molecule has 0 saturated carbocycles. The summed E-state index contributed by atoms with van der Waals surface area (Å²) in [7, 11) is 0. The van der Waals surface area contributed by atoms with Crippen LogP contribution in [0, 0.1) is 0 Å². The molecule has 0 aliphatic heterocycles. The van der Waals surface area contributed by atoms with Crippen molar-refractivity contribution in [2.24, 2.45) is 0 Å². The molecule has 10 nitrogen and oxygen atoms in total. The number of carboxylic acids is 2. The van der Waals surface area contributed by atoms with Gasteiger partial charge in [-0.05, 0) is 71.8 Å². The Hall–Kier alpha value is -5.74. The van der Waals surface area contributed by atoms with Gasteiger partial charge in [-0.2, -0.15) is 0 Å². The van der Waals surface area contributed by atoms with E-state index in [4.69, 9.17) is 4.74 Å². The molecule has 0 unspecified atom stereocenters. The summed E-state index contributed by atoms with van der Waals surface area (Å²) in [6.45, 7) is 0. The Labute approximate surface area is 229 Å². The van der Waals surface area contributed by atoms with Gasteiger partial charge in [-0.3, -0.25) is 0 Å². The maximum atomic E-state index is 10.2. The quantitative estimate of drug-likeness (QED) is 0.304. The van der Waals surface area contributed by atoms with Gasteiger partial charge in [0.2, 0.25) is 0 Å². The lowest BCUT2D eigenvalue weighted by Crippen LogP contribution is -2.24. The maximum absolute atomic E-state index is 10.2. The van der Waals surface area contributed by atoms with Crippen molar-refractivity contribution in [1.82, 2.24) is 0 Å². The molecule has 5 aromatic rings. The Morgan fingerprint density at radius 1 is 0.550 bits per heavy atom. The smallest absolute Gasteiger partial charge is 0.277 e. The van der Waals surface area contributed by atoms with Crippen molar-refractivity contribution in [3.63, 3.8) is 0 Å². The van der Waals surface area contributed by atoms with Gasteiger partial charge in [-0.25, -0.2) is 20.6 Å². The van der Waals surface area contributed by atoms with E-state index in [1.807, 2.05) is 97.3 Å². The summed E-state index contributed by atoms with van der Waals surface area (Å²) in [5, 5.41) is 27.0. The van der Waals surface area contributed by atoms with Crippen molar-refractivity contribution in [3.8, 4) is 11.5 Å². The van der Waals surface area contributed by atoms with Crippen LogP contribution in [0.3, 0.4) is 0 Å². The number of pyridine rings is 2. The summed E-state index contributed by atoms with van der Waals surface area (Å²) in [4.78, 5) is 26.7. The third-order valence-corrected chi connectivity index (χ3v) is 5.28.